The minimum Gasteiger partial charge on any atom is -0.462 e. The highest BCUT2D eigenvalue weighted by Crippen LogP contribution is 2.30. The smallest absolute Gasteiger partial charge is 0.311 e. The van der Waals surface area contributed by atoms with Crippen molar-refractivity contribution in [1.82, 2.24) is 0 Å². The van der Waals surface area contributed by atoms with E-state index in [4.69, 9.17) is 14.2 Å². The van der Waals surface area contributed by atoms with Gasteiger partial charge in [-0.25, -0.2) is 0 Å². The summed E-state index contributed by atoms with van der Waals surface area (Å²) in [4.78, 5) is 12.0. The predicted octanol–water partition coefficient (Wildman–Crippen LogP) is 4.23. The Morgan fingerprint density at radius 1 is 1.21 bits per heavy atom. The van der Waals surface area contributed by atoms with Crippen molar-refractivity contribution in [2.75, 3.05) is 13.2 Å². The van der Waals surface area contributed by atoms with E-state index in [0.717, 1.165) is 17.4 Å². The van der Waals surface area contributed by atoms with Gasteiger partial charge in [-0.15, -0.1) is 0 Å². The van der Waals surface area contributed by atoms with Gasteiger partial charge in [-0.2, -0.15) is 0 Å². The lowest BCUT2D eigenvalue weighted by molar-refractivity contribution is -0.158. The Bertz CT molecular complexity index is 722. The average Bonchev–Trinajstić information content (AvgIpc) is 3.08. The van der Waals surface area contributed by atoms with Crippen LogP contribution in [0.15, 0.2) is 42.5 Å². The summed E-state index contributed by atoms with van der Waals surface area (Å²) in [6.45, 7) is 6.41. The molecule has 0 bridgehead atoms. The minimum atomic E-state index is -0.461. The lowest BCUT2D eigenvalue weighted by atomic mass is 9.91. The third-order valence-electron chi connectivity index (χ3n) is 4.63. The van der Waals surface area contributed by atoms with Crippen molar-refractivity contribution >= 4 is 16.7 Å². The first-order valence-electron chi connectivity index (χ1n) is 8.42. The van der Waals surface area contributed by atoms with Crippen molar-refractivity contribution < 1.29 is 19.0 Å². The molecule has 1 heterocycles. The third-order valence-corrected chi connectivity index (χ3v) is 4.63. The summed E-state index contributed by atoms with van der Waals surface area (Å²) in [5, 5.41) is 2.34. The summed E-state index contributed by atoms with van der Waals surface area (Å²) >= 11 is 0. The SMILES string of the molecule is CCC(C)(C)C(=O)OCC1COC(c2ccc3ccccc3c2)O1. The van der Waals surface area contributed by atoms with E-state index in [1.54, 1.807) is 0 Å². The Morgan fingerprint density at radius 2 is 1.96 bits per heavy atom. The average molecular weight is 328 g/mol. The van der Waals surface area contributed by atoms with Crippen LogP contribution in [-0.4, -0.2) is 25.3 Å². The van der Waals surface area contributed by atoms with Crippen LogP contribution in [0.5, 0.6) is 0 Å². The molecule has 3 rings (SSSR count). The number of carbonyl (C=O) groups excluding carboxylic acids is 1. The molecule has 2 aromatic rings. The fraction of sp³-hybridized carbons (Fsp3) is 0.450. The molecule has 128 valence electrons. The van der Waals surface area contributed by atoms with Gasteiger partial charge in [0.05, 0.1) is 12.0 Å². The maximum Gasteiger partial charge on any atom is 0.311 e. The van der Waals surface area contributed by atoms with Gasteiger partial charge in [-0.1, -0.05) is 43.3 Å². The number of esters is 1. The lowest BCUT2D eigenvalue weighted by Crippen LogP contribution is -2.29. The predicted molar refractivity (Wildman–Crippen MR) is 92.5 cm³/mol. The molecule has 0 amide bonds. The van der Waals surface area contributed by atoms with Crippen molar-refractivity contribution in [1.29, 1.82) is 0 Å². The molecule has 1 aliphatic heterocycles. The second-order valence-electron chi connectivity index (χ2n) is 6.87. The standard InChI is InChI=1S/C20H24O4/c1-4-20(2,3)19(21)23-13-17-12-22-18(24-17)16-10-9-14-7-5-6-8-15(14)11-16/h5-11,17-18H,4,12-13H2,1-3H3. The molecule has 0 saturated carbocycles. The zero-order valence-electron chi connectivity index (χ0n) is 14.5. The second kappa shape index (κ2) is 6.91. The first kappa shape index (κ1) is 16.9. The Kier molecular flexibility index (Phi) is 4.88. The number of ether oxygens (including phenoxy) is 3. The van der Waals surface area contributed by atoms with Crippen molar-refractivity contribution in [3.05, 3.63) is 48.0 Å². The molecule has 1 fully saturated rings. The first-order chi connectivity index (χ1) is 11.5. The first-order valence-corrected chi connectivity index (χ1v) is 8.42. The number of benzene rings is 2. The summed E-state index contributed by atoms with van der Waals surface area (Å²) in [7, 11) is 0. The molecule has 2 atom stereocenters. The van der Waals surface area contributed by atoms with Gasteiger partial charge in [0.25, 0.3) is 0 Å². The molecule has 0 spiro atoms. The number of hydrogen-bond donors (Lipinski definition) is 0. The maximum atomic E-state index is 12.0. The molecule has 4 nitrogen and oxygen atoms in total. The topological polar surface area (TPSA) is 44.8 Å². The molecule has 24 heavy (non-hydrogen) atoms. The van der Waals surface area contributed by atoms with E-state index in [1.165, 1.54) is 5.39 Å². The van der Waals surface area contributed by atoms with Gasteiger partial charge >= 0.3 is 5.97 Å². The van der Waals surface area contributed by atoms with Gasteiger partial charge < -0.3 is 14.2 Å². The van der Waals surface area contributed by atoms with E-state index in [-0.39, 0.29) is 18.7 Å². The molecule has 2 unspecified atom stereocenters. The number of carbonyl (C=O) groups is 1. The summed E-state index contributed by atoms with van der Waals surface area (Å²) in [6.07, 6.45) is 0.115. The largest absolute Gasteiger partial charge is 0.462 e. The Morgan fingerprint density at radius 3 is 2.71 bits per heavy atom. The summed E-state index contributed by atoms with van der Waals surface area (Å²) in [6, 6.07) is 14.3. The van der Waals surface area contributed by atoms with Gasteiger partial charge in [0.1, 0.15) is 12.7 Å². The van der Waals surface area contributed by atoms with E-state index in [0.29, 0.717) is 6.61 Å². The Labute approximate surface area is 142 Å². The number of fused-ring (bicyclic) bond motifs is 1. The monoisotopic (exact) mass is 328 g/mol. The molecule has 1 saturated heterocycles. The van der Waals surface area contributed by atoms with Crippen molar-refractivity contribution in [2.24, 2.45) is 5.41 Å². The molecule has 0 N–H and O–H groups in total. The summed E-state index contributed by atoms with van der Waals surface area (Å²) < 4.78 is 17.0. The number of rotatable bonds is 5. The van der Waals surface area contributed by atoms with Gasteiger partial charge in [-0.05, 0) is 37.1 Å². The van der Waals surface area contributed by atoms with Crippen LogP contribution >= 0.6 is 0 Å². The minimum absolute atomic E-state index is 0.192. The van der Waals surface area contributed by atoms with Crippen LogP contribution in [0.3, 0.4) is 0 Å². The van der Waals surface area contributed by atoms with E-state index < -0.39 is 11.7 Å². The van der Waals surface area contributed by atoms with E-state index >= 15 is 0 Å². The molecule has 1 aliphatic rings. The van der Waals surface area contributed by atoms with Gasteiger partial charge in [0.15, 0.2) is 6.29 Å². The van der Waals surface area contributed by atoms with E-state index in [1.807, 2.05) is 39.0 Å². The van der Waals surface area contributed by atoms with Crippen LogP contribution in [0.2, 0.25) is 0 Å². The van der Waals surface area contributed by atoms with E-state index in [2.05, 4.69) is 24.3 Å². The molecule has 0 radical (unpaired) electrons. The molecule has 4 heteroatoms. The molecule has 2 aromatic carbocycles. The van der Waals surface area contributed by atoms with Gasteiger partial charge in [-0.3, -0.25) is 4.79 Å². The lowest BCUT2D eigenvalue weighted by Gasteiger charge is -2.21. The van der Waals surface area contributed by atoms with Crippen LogP contribution < -0.4 is 0 Å². The Hall–Kier alpha value is -1.91. The van der Waals surface area contributed by atoms with Crippen LogP contribution in [0.4, 0.5) is 0 Å². The van der Waals surface area contributed by atoms with Crippen LogP contribution in [0, 0.1) is 5.41 Å². The quantitative estimate of drug-likeness (QED) is 0.770. The summed E-state index contributed by atoms with van der Waals surface area (Å²) in [5.74, 6) is -0.192. The van der Waals surface area contributed by atoms with E-state index in [9.17, 15) is 4.79 Å². The van der Waals surface area contributed by atoms with Gasteiger partial charge in [0.2, 0.25) is 0 Å². The fourth-order valence-electron chi connectivity index (χ4n) is 2.57. The Balaban J connectivity index is 1.59. The van der Waals surface area contributed by atoms with Crippen LogP contribution in [-0.2, 0) is 19.0 Å². The van der Waals surface area contributed by atoms with Crippen LogP contribution in [0.25, 0.3) is 10.8 Å². The third kappa shape index (κ3) is 3.60. The zero-order chi connectivity index (χ0) is 17.2. The molecule has 0 aliphatic carbocycles. The van der Waals surface area contributed by atoms with Gasteiger partial charge in [0, 0.05) is 5.56 Å². The highest BCUT2D eigenvalue weighted by Gasteiger charge is 2.31. The van der Waals surface area contributed by atoms with Crippen molar-refractivity contribution in [2.45, 2.75) is 39.6 Å². The zero-order valence-corrected chi connectivity index (χ0v) is 14.5. The molecule has 0 aromatic heterocycles. The normalized spacial score (nSPS) is 21.1. The maximum absolute atomic E-state index is 12.0. The summed E-state index contributed by atoms with van der Waals surface area (Å²) in [5.41, 5.74) is 0.522. The fourth-order valence-corrected chi connectivity index (χ4v) is 2.57. The number of hydrogen-bond acceptors (Lipinski definition) is 4. The molecular formula is C20H24O4. The highest BCUT2D eigenvalue weighted by atomic mass is 16.7. The molecular weight excluding hydrogens is 304 g/mol. The van der Waals surface area contributed by atoms with Crippen molar-refractivity contribution in [3.8, 4) is 0 Å². The second-order valence-corrected chi connectivity index (χ2v) is 6.87. The van der Waals surface area contributed by atoms with Crippen LogP contribution in [0.1, 0.15) is 39.0 Å². The highest BCUT2D eigenvalue weighted by molar-refractivity contribution is 5.83. The van der Waals surface area contributed by atoms with Crippen molar-refractivity contribution in [3.63, 3.8) is 0 Å².